The molecule has 2 unspecified atom stereocenters. The summed E-state index contributed by atoms with van der Waals surface area (Å²) in [6.07, 6.45) is 0.477. The van der Waals surface area contributed by atoms with E-state index in [2.05, 4.69) is 36.4 Å². The summed E-state index contributed by atoms with van der Waals surface area (Å²) in [7, 11) is 0. The van der Waals surface area contributed by atoms with Gasteiger partial charge in [-0.2, -0.15) is 0 Å². The van der Waals surface area contributed by atoms with E-state index in [0.717, 1.165) is 12.2 Å². The second-order valence-electron chi connectivity index (χ2n) is 8.36. The number of rotatable bonds is 10. The van der Waals surface area contributed by atoms with Crippen molar-refractivity contribution in [3.05, 3.63) is 66.2 Å². The Labute approximate surface area is 189 Å². The van der Waals surface area contributed by atoms with Crippen molar-refractivity contribution in [2.75, 3.05) is 25.6 Å². The molecule has 0 bridgehead atoms. The molecule has 2 aliphatic heterocycles. The number of ether oxygens (including phenoxy) is 5. The maximum Gasteiger partial charge on any atom is 0.163 e. The van der Waals surface area contributed by atoms with Gasteiger partial charge in [0.15, 0.2) is 5.79 Å². The summed E-state index contributed by atoms with van der Waals surface area (Å²) < 4.78 is 30.4. The standard InChI is InChI=1S/C25H32O5S/c1-25(2)28-17-21-24(30-25)23(22(29-21)18-31-20-12-7-4-8-13-20)27-15-9-14-26-16-19-10-5-3-6-11-19/h3-8,10-13,21-24H,9,14-18H2,1-2H3/t21-,22+,23?,24?/m0/s1. The van der Waals surface area contributed by atoms with Gasteiger partial charge in [-0.05, 0) is 38.0 Å². The molecule has 2 heterocycles. The zero-order valence-corrected chi connectivity index (χ0v) is 19.1. The van der Waals surface area contributed by atoms with Crippen molar-refractivity contribution in [2.45, 2.75) is 62.0 Å². The fourth-order valence-corrected chi connectivity index (χ4v) is 4.87. The molecular weight excluding hydrogens is 412 g/mol. The number of fused-ring (bicyclic) bond motifs is 1. The molecule has 2 aromatic rings. The van der Waals surface area contributed by atoms with Crippen LogP contribution in [0.2, 0.25) is 0 Å². The molecule has 5 nitrogen and oxygen atoms in total. The smallest absolute Gasteiger partial charge is 0.163 e. The average Bonchev–Trinajstić information content (AvgIpc) is 3.11. The quantitative estimate of drug-likeness (QED) is 0.391. The van der Waals surface area contributed by atoms with Crippen LogP contribution in [0.5, 0.6) is 0 Å². The second kappa shape index (κ2) is 10.9. The van der Waals surface area contributed by atoms with Gasteiger partial charge in [0.25, 0.3) is 0 Å². The van der Waals surface area contributed by atoms with E-state index in [0.29, 0.717) is 26.4 Å². The van der Waals surface area contributed by atoms with E-state index in [9.17, 15) is 0 Å². The van der Waals surface area contributed by atoms with E-state index >= 15 is 0 Å². The topological polar surface area (TPSA) is 46.2 Å². The van der Waals surface area contributed by atoms with Crippen molar-refractivity contribution in [3.63, 3.8) is 0 Å². The second-order valence-corrected chi connectivity index (χ2v) is 9.45. The molecule has 2 aromatic carbocycles. The van der Waals surface area contributed by atoms with Crippen LogP contribution in [0.15, 0.2) is 65.6 Å². The Balaban J connectivity index is 1.27. The molecule has 2 aliphatic rings. The number of benzene rings is 2. The Hall–Kier alpha value is -1.41. The highest BCUT2D eigenvalue weighted by atomic mass is 32.2. The maximum absolute atomic E-state index is 6.32. The van der Waals surface area contributed by atoms with Crippen LogP contribution >= 0.6 is 11.8 Å². The van der Waals surface area contributed by atoms with Crippen LogP contribution < -0.4 is 0 Å². The van der Waals surface area contributed by atoms with Gasteiger partial charge in [0.05, 0.1) is 19.3 Å². The van der Waals surface area contributed by atoms with Gasteiger partial charge in [-0.3, -0.25) is 0 Å². The Kier molecular flexibility index (Phi) is 8.04. The SMILES string of the molecule is CC1(C)OC[C@@H]2O[C@H](CSc3ccccc3)C(OCCCOCc3ccccc3)C2O1. The fourth-order valence-electron chi connectivity index (χ4n) is 3.90. The molecule has 4 rings (SSSR count). The summed E-state index contributed by atoms with van der Waals surface area (Å²) >= 11 is 1.79. The number of hydrogen-bond donors (Lipinski definition) is 0. The molecule has 2 saturated heterocycles. The summed E-state index contributed by atoms with van der Waals surface area (Å²) in [5, 5.41) is 0. The van der Waals surface area contributed by atoms with Crippen molar-refractivity contribution in [1.82, 2.24) is 0 Å². The van der Waals surface area contributed by atoms with E-state index in [-0.39, 0.29) is 24.4 Å². The van der Waals surface area contributed by atoms with Crippen molar-refractivity contribution < 1.29 is 23.7 Å². The predicted molar refractivity (Wildman–Crippen MR) is 121 cm³/mol. The highest BCUT2D eigenvalue weighted by molar-refractivity contribution is 7.99. The largest absolute Gasteiger partial charge is 0.377 e. The van der Waals surface area contributed by atoms with E-state index in [1.54, 1.807) is 11.8 Å². The molecular formula is C25H32O5S. The molecule has 0 saturated carbocycles. The van der Waals surface area contributed by atoms with Gasteiger partial charge < -0.3 is 23.7 Å². The monoisotopic (exact) mass is 444 g/mol. The zero-order valence-electron chi connectivity index (χ0n) is 18.3. The molecule has 0 N–H and O–H groups in total. The van der Waals surface area contributed by atoms with Crippen molar-refractivity contribution in [3.8, 4) is 0 Å². The van der Waals surface area contributed by atoms with E-state index in [1.165, 1.54) is 10.5 Å². The molecule has 168 valence electrons. The summed E-state index contributed by atoms with van der Waals surface area (Å²) in [5.74, 6) is 0.197. The highest BCUT2D eigenvalue weighted by Gasteiger charge is 2.51. The number of hydrogen-bond acceptors (Lipinski definition) is 6. The molecule has 0 aromatic heterocycles. The first kappa shape index (κ1) is 22.8. The van der Waals surface area contributed by atoms with Gasteiger partial charge >= 0.3 is 0 Å². The van der Waals surface area contributed by atoms with Gasteiger partial charge in [0.2, 0.25) is 0 Å². The van der Waals surface area contributed by atoms with E-state index in [1.807, 2.05) is 38.1 Å². The molecule has 6 heteroatoms. The van der Waals surface area contributed by atoms with Gasteiger partial charge in [-0.15, -0.1) is 11.8 Å². The first-order chi connectivity index (χ1) is 15.1. The summed E-state index contributed by atoms with van der Waals surface area (Å²) in [6, 6.07) is 20.6. The van der Waals surface area contributed by atoms with Crippen molar-refractivity contribution in [2.24, 2.45) is 0 Å². The van der Waals surface area contributed by atoms with E-state index in [4.69, 9.17) is 23.7 Å². The van der Waals surface area contributed by atoms with Crippen molar-refractivity contribution in [1.29, 1.82) is 0 Å². The van der Waals surface area contributed by atoms with Crippen molar-refractivity contribution >= 4 is 11.8 Å². The normalized spacial score (nSPS) is 27.2. The third-order valence-electron chi connectivity index (χ3n) is 5.43. The first-order valence-corrected chi connectivity index (χ1v) is 12.0. The zero-order chi connectivity index (χ0) is 21.5. The Morgan fingerprint density at radius 1 is 1.00 bits per heavy atom. The lowest BCUT2D eigenvalue weighted by atomic mass is 10.1. The lowest BCUT2D eigenvalue weighted by Gasteiger charge is -2.38. The minimum Gasteiger partial charge on any atom is -0.377 e. The molecule has 0 aliphatic carbocycles. The van der Waals surface area contributed by atoms with Crippen LogP contribution in [0.1, 0.15) is 25.8 Å². The highest BCUT2D eigenvalue weighted by Crippen LogP contribution is 2.36. The molecule has 31 heavy (non-hydrogen) atoms. The third kappa shape index (κ3) is 6.54. The van der Waals surface area contributed by atoms with Crippen LogP contribution in [0.4, 0.5) is 0 Å². The Morgan fingerprint density at radius 3 is 2.52 bits per heavy atom. The summed E-state index contributed by atoms with van der Waals surface area (Å²) in [5.41, 5.74) is 1.19. The molecule has 4 atom stereocenters. The third-order valence-corrected chi connectivity index (χ3v) is 6.53. The van der Waals surface area contributed by atoms with E-state index < -0.39 is 5.79 Å². The van der Waals surface area contributed by atoms with Crippen LogP contribution in [0.3, 0.4) is 0 Å². The molecule has 0 amide bonds. The summed E-state index contributed by atoms with van der Waals surface area (Å²) in [4.78, 5) is 1.23. The first-order valence-electron chi connectivity index (χ1n) is 11.0. The lowest BCUT2D eigenvalue weighted by Crippen LogP contribution is -2.51. The number of thioether (sulfide) groups is 1. The van der Waals surface area contributed by atoms with Gasteiger partial charge in [-0.25, -0.2) is 0 Å². The Bertz CT molecular complexity index is 785. The van der Waals surface area contributed by atoms with Crippen LogP contribution in [0, 0.1) is 0 Å². The molecule has 0 spiro atoms. The fraction of sp³-hybridized carbons (Fsp3) is 0.520. The molecule has 2 fully saturated rings. The molecule has 0 radical (unpaired) electrons. The average molecular weight is 445 g/mol. The van der Waals surface area contributed by atoms with Crippen LogP contribution in [0.25, 0.3) is 0 Å². The van der Waals surface area contributed by atoms with Crippen LogP contribution in [-0.2, 0) is 30.3 Å². The van der Waals surface area contributed by atoms with Gasteiger partial charge in [-0.1, -0.05) is 48.5 Å². The lowest BCUT2D eigenvalue weighted by molar-refractivity contribution is -0.301. The van der Waals surface area contributed by atoms with Crippen LogP contribution in [-0.4, -0.2) is 55.8 Å². The van der Waals surface area contributed by atoms with Gasteiger partial charge in [0.1, 0.15) is 18.3 Å². The predicted octanol–water partition coefficient (Wildman–Crippen LogP) is 4.69. The minimum atomic E-state index is -0.619. The summed E-state index contributed by atoms with van der Waals surface area (Å²) in [6.45, 7) is 6.33. The minimum absolute atomic E-state index is 0.0389. The Morgan fingerprint density at radius 2 is 1.74 bits per heavy atom. The van der Waals surface area contributed by atoms with Gasteiger partial charge in [0, 0.05) is 23.9 Å². The maximum atomic E-state index is 6.32.